The van der Waals surface area contributed by atoms with Crippen molar-refractivity contribution in [1.82, 2.24) is 9.78 Å². The number of amides is 1. The quantitative estimate of drug-likeness (QED) is 0.756. The Morgan fingerprint density at radius 1 is 1.60 bits per heavy atom. The van der Waals surface area contributed by atoms with Crippen molar-refractivity contribution in [2.45, 2.75) is 26.8 Å². The zero-order valence-corrected chi connectivity index (χ0v) is 9.61. The molecule has 1 aromatic heterocycles. The fraction of sp³-hybridized carbons (Fsp3) is 0.600. The number of nitrogens with two attached hydrogens (primary N) is 1. The van der Waals surface area contributed by atoms with Crippen molar-refractivity contribution in [3.63, 3.8) is 0 Å². The number of carbonyl (C=O) groups excluding carboxylic acids is 1. The fourth-order valence-electron chi connectivity index (χ4n) is 1.10. The van der Waals surface area contributed by atoms with Crippen molar-refractivity contribution in [1.29, 1.82) is 0 Å². The highest BCUT2D eigenvalue weighted by Crippen LogP contribution is 2.18. The smallest absolute Gasteiger partial charge is 0.241 e. The lowest BCUT2D eigenvalue weighted by atomic mass is 9.87. The Hall–Kier alpha value is -1.36. The standard InChI is InChI=1S/C10H18N4O/c1-10(2,3)8(11)9(15)13-7-5-12-14(4)6-7/h5-6,8H,11H2,1-4H3,(H,13,15)/t8-/m1/s1. The number of hydrogen-bond acceptors (Lipinski definition) is 3. The highest BCUT2D eigenvalue weighted by Gasteiger charge is 2.27. The summed E-state index contributed by atoms with van der Waals surface area (Å²) in [5.41, 5.74) is 6.23. The van der Waals surface area contributed by atoms with Gasteiger partial charge in [-0.2, -0.15) is 5.10 Å². The van der Waals surface area contributed by atoms with Crippen LogP contribution in [0.15, 0.2) is 12.4 Å². The largest absolute Gasteiger partial charge is 0.322 e. The molecule has 5 heteroatoms. The van der Waals surface area contributed by atoms with E-state index in [-0.39, 0.29) is 11.3 Å². The third-order valence-corrected chi connectivity index (χ3v) is 2.19. The van der Waals surface area contributed by atoms with E-state index in [0.29, 0.717) is 5.69 Å². The number of aryl methyl sites for hydroxylation is 1. The maximum atomic E-state index is 11.7. The van der Waals surface area contributed by atoms with Crippen LogP contribution in [0.1, 0.15) is 20.8 Å². The summed E-state index contributed by atoms with van der Waals surface area (Å²) in [6.07, 6.45) is 3.32. The average Bonchev–Trinajstić information content (AvgIpc) is 2.48. The highest BCUT2D eigenvalue weighted by molar-refractivity contribution is 5.94. The molecule has 0 saturated heterocycles. The molecule has 84 valence electrons. The minimum Gasteiger partial charge on any atom is -0.322 e. The second kappa shape index (κ2) is 4.02. The van der Waals surface area contributed by atoms with Gasteiger partial charge in [-0.05, 0) is 5.41 Å². The SMILES string of the molecule is Cn1cc(NC(=O)[C@@H](N)C(C)(C)C)cn1. The van der Waals surface area contributed by atoms with Gasteiger partial charge in [0.2, 0.25) is 5.91 Å². The number of carbonyl (C=O) groups is 1. The van der Waals surface area contributed by atoms with Crippen LogP contribution in [-0.4, -0.2) is 21.7 Å². The van der Waals surface area contributed by atoms with E-state index in [2.05, 4.69) is 10.4 Å². The monoisotopic (exact) mass is 210 g/mol. The van der Waals surface area contributed by atoms with Crippen molar-refractivity contribution >= 4 is 11.6 Å². The lowest BCUT2D eigenvalue weighted by molar-refractivity contribution is -0.119. The molecule has 1 rings (SSSR count). The van der Waals surface area contributed by atoms with Crippen molar-refractivity contribution in [2.75, 3.05) is 5.32 Å². The third kappa shape index (κ3) is 3.06. The highest BCUT2D eigenvalue weighted by atomic mass is 16.2. The lowest BCUT2D eigenvalue weighted by Crippen LogP contribution is -2.45. The molecule has 3 N–H and O–H groups in total. The van der Waals surface area contributed by atoms with E-state index in [1.165, 1.54) is 0 Å². The van der Waals surface area contributed by atoms with Crippen molar-refractivity contribution in [3.05, 3.63) is 12.4 Å². The summed E-state index contributed by atoms with van der Waals surface area (Å²) in [5.74, 6) is -0.185. The van der Waals surface area contributed by atoms with Crippen LogP contribution in [0.3, 0.4) is 0 Å². The molecule has 5 nitrogen and oxygen atoms in total. The van der Waals surface area contributed by atoms with Crippen LogP contribution >= 0.6 is 0 Å². The van der Waals surface area contributed by atoms with Gasteiger partial charge in [0.25, 0.3) is 0 Å². The molecule has 1 heterocycles. The summed E-state index contributed by atoms with van der Waals surface area (Å²) in [6, 6.07) is -0.530. The number of nitrogens with one attached hydrogen (secondary N) is 1. The normalized spacial score (nSPS) is 13.7. The first kappa shape index (κ1) is 11.7. The van der Waals surface area contributed by atoms with Crippen LogP contribution in [-0.2, 0) is 11.8 Å². The molecule has 0 aliphatic carbocycles. The average molecular weight is 210 g/mol. The molecule has 0 spiro atoms. The van der Waals surface area contributed by atoms with Gasteiger partial charge in [0.15, 0.2) is 0 Å². The van der Waals surface area contributed by atoms with E-state index in [4.69, 9.17) is 5.73 Å². The molecular weight excluding hydrogens is 192 g/mol. The molecule has 0 aromatic carbocycles. The van der Waals surface area contributed by atoms with Gasteiger partial charge in [-0.1, -0.05) is 20.8 Å². The van der Waals surface area contributed by atoms with Gasteiger partial charge in [-0.3, -0.25) is 9.48 Å². The molecule has 1 amide bonds. The summed E-state index contributed by atoms with van der Waals surface area (Å²) >= 11 is 0. The Labute approximate surface area is 89.6 Å². The van der Waals surface area contributed by atoms with E-state index >= 15 is 0 Å². The number of nitrogens with zero attached hydrogens (tertiary/aromatic N) is 2. The van der Waals surface area contributed by atoms with Gasteiger partial charge < -0.3 is 11.1 Å². The molecule has 0 saturated carbocycles. The minimum atomic E-state index is -0.530. The lowest BCUT2D eigenvalue weighted by Gasteiger charge is -2.25. The second-order valence-electron chi connectivity index (χ2n) is 4.74. The summed E-state index contributed by atoms with van der Waals surface area (Å²) in [6.45, 7) is 5.79. The first-order chi connectivity index (χ1) is 6.80. The molecule has 0 bridgehead atoms. The molecule has 15 heavy (non-hydrogen) atoms. The van der Waals surface area contributed by atoms with Gasteiger partial charge in [-0.25, -0.2) is 0 Å². The Balaban J connectivity index is 2.64. The maximum absolute atomic E-state index is 11.7. The molecule has 1 atom stereocenters. The Kier molecular flexibility index (Phi) is 3.14. The van der Waals surface area contributed by atoms with Crippen LogP contribution in [0.5, 0.6) is 0 Å². The first-order valence-electron chi connectivity index (χ1n) is 4.86. The predicted molar refractivity (Wildman–Crippen MR) is 59.3 cm³/mol. The van der Waals surface area contributed by atoms with Gasteiger partial charge in [0.1, 0.15) is 0 Å². The zero-order chi connectivity index (χ0) is 11.6. The van der Waals surface area contributed by atoms with Gasteiger partial charge in [0, 0.05) is 13.2 Å². The molecule has 0 fully saturated rings. The van der Waals surface area contributed by atoms with E-state index < -0.39 is 6.04 Å². The predicted octanol–water partition coefficient (Wildman–Crippen LogP) is 0.732. The molecule has 0 unspecified atom stereocenters. The molecule has 0 aliphatic heterocycles. The van der Waals surface area contributed by atoms with E-state index in [1.54, 1.807) is 24.1 Å². The van der Waals surface area contributed by atoms with Crippen molar-refractivity contribution in [2.24, 2.45) is 18.2 Å². The molecule has 0 radical (unpaired) electrons. The van der Waals surface area contributed by atoms with Crippen LogP contribution in [0.25, 0.3) is 0 Å². The van der Waals surface area contributed by atoms with Gasteiger partial charge in [-0.15, -0.1) is 0 Å². The first-order valence-corrected chi connectivity index (χ1v) is 4.86. The summed E-state index contributed by atoms with van der Waals surface area (Å²) in [7, 11) is 1.79. The van der Waals surface area contributed by atoms with Crippen LogP contribution in [0, 0.1) is 5.41 Å². The zero-order valence-electron chi connectivity index (χ0n) is 9.61. The summed E-state index contributed by atoms with van der Waals surface area (Å²) in [5, 5.41) is 6.67. The number of rotatable bonds is 2. The Bertz CT molecular complexity index is 351. The van der Waals surface area contributed by atoms with E-state index in [9.17, 15) is 4.79 Å². The molecule has 0 aliphatic rings. The maximum Gasteiger partial charge on any atom is 0.241 e. The van der Waals surface area contributed by atoms with Crippen LogP contribution in [0.4, 0.5) is 5.69 Å². The van der Waals surface area contributed by atoms with Crippen molar-refractivity contribution < 1.29 is 4.79 Å². The van der Waals surface area contributed by atoms with Crippen LogP contribution < -0.4 is 11.1 Å². The van der Waals surface area contributed by atoms with E-state index in [1.807, 2.05) is 20.8 Å². The second-order valence-corrected chi connectivity index (χ2v) is 4.74. The summed E-state index contributed by atoms with van der Waals surface area (Å²) < 4.78 is 1.62. The summed E-state index contributed by atoms with van der Waals surface area (Å²) in [4.78, 5) is 11.7. The fourth-order valence-corrected chi connectivity index (χ4v) is 1.10. The van der Waals surface area contributed by atoms with E-state index in [0.717, 1.165) is 0 Å². The Morgan fingerprint density at radius 3 is 2.60 bits per heavy atom. The topological polar surface area (TPSA) is 72.9 Å². The number of anilines is 1. The minimum absolute atomic E-state index is 0.185. The third-order valence-electron chi connectivity index (χ3n) is 2.19. The number of hydrogen-bond donors (Lipinski definition) is 2. The number of aromatic nitrogens is 2. The molecule has 1 aromatic rings. The Morgan fingerprint density at radius 2 is 2.20 bits per heavy atom. The molecular formula is C10H18N4O. The van der Waals surface area contributed by atoms with Gasteiger partial charge >= 0.3 is 0 Å². The van der Waals surface area contributed by atoms with Gasteiger partial charge in [0.05, 0.1) is 17.9 Å². The van der Waals surface area contributed by atoms with Crippen LogP contribution in [0.2, 0.25) is 0 Å². The van der Waals surface area contributed by atoms with Crippen molar-refractivity contribution in [3.8, 4) is 0 Å².